The molecule has 0 amide bonds. The van der Waals surface area contributed by atoms with E-state index < -0.39 is 23.0 Å². The van der Waals surface area contributed by atoms with Crippen LogP contribution in [0.25, 0.3) is 0 Å². The number of nitro groups is 1. The zero-order chi connectivity index (χ0) is 14.7. The Morgan fingerprint density at radius 2 is 2.25 bits per heavy atom. The highest BCUT2D eigenvalue weighted by molar-refractivity contribution is 5.92. The summed E-state index contributed by atoms with van der Waals surface area (Å²) >= 11 is 0. The predicted molar refractivity (Wildman–Crippen MR) is 64.4 cm³/mol. The van der Waals surface area contributed by atoms with Gasteiger partial charge in [0.25, 0.3) is 0 Å². The van der Waals surface area contributed by atoms with Crippen LogP contribution in [0.4, 0.5) is 5.69 Å². The van der Waals surface area contributed by atoms with E-state index in [1.54, 1.807) is 0 Å². The van der Waals surface area contributed by atoms with Crippen molar-refractivity contribution in [3.8, 4) is 5.75 Å². The summed E-state index contributed by atoms with van der Waals surface area (Å²) in [5.74, 6) is -1.40. The van der Waals surface area contributed by atoms with Gasteiger partial charge in [0.1, 0.15) is 0 Å². The maximum Gasteiger partial charge on any atom is 0.347 e. The van der Waals surface area contributed by atoms with E-state index in [2.05, 4.69) is 4.74 Å². The summed E-state index contributed by atoms with van der Waals surface area (Å²) in [6.07, 6.45) is -0.674. The molecule has 0 unspecified atom stereocenters. The summed E-state index contributed by atoms with van der Waals surface area (Å²) in [5, 5.41) is 10.9. The number of hydrogen-bond acceptors (Lipinski definition) is 7. The van der Waals surface area contributed by atoms with Crippen LogP contribution in [0.3, 0.4) is 0 Å². The summed E-state index contributed by atoms with van der Waals surface area (Å²) in [5.41, 5.74) is -0.381. The van der Waals surface area contributed by atoms with Crippen LogP contribution in [0.1, 0.15) is 16.8 Å². The van der Waals surface area contributed by atoms with Gasteiger partial charge in [0.15, 0.2) is 5.75 Å². The van der Waals surface area contributed by atoms with E-state index in [9.17, 15) is 19.7 Å². The number of methoxy groups -OCH3 is 1. The van der Waals surface area contributed by atoms with E-state index in [0.29, 0.717) is 0 Å². The van der Waals surface area contributed by atoms with Crippen LogP contribution >= 0.6 is 0 Å². The van der Waals surface area contributed by atoms with Gasteiger partial charge in [-0.1, -0.05) is 0 Å². The molecule has 1 aromatic carbocycles. The smallest absolute Gasteiger partial charge is 0.347 e. The molecule has 8 nitrogen and oxygen atoms in total. The first-order valence-corrected chi connectivity index (χ1v) is 5.73. The zero-order valence-corrected chi connectivity index (χ0v) is 10.5. The Morgan fingerprint density at radius 1 is 1.50 bits per heavy atom. The zero-order valence-electron chi connectivity index (χ0n) is 10.5. The van der Waals surface area contributed by atoms with Crippen LogP contribution in [-0.4, -0.2) is 36.7 Å². The molecule has 1 aliphatic heterocycles. The van der Waals surface area contributed by atoms with Crippen molar-refractivity contribution >= 4 is 17.6 Å². The molecule has 106 valence electrons. The lowest BCUT2D eigenvalue weighted by atomic mass is 10.2. The lowest BCUT2D eigenvalue weighted by molar-refractivity contribution is -0.385. The molecule has 0 radical (unpaired) electrons. The lowest BCUT2D eigenvalue weighted by Gasteiger charge is -2.09. The maximum absolute atomic E-state index is 11.8. The Kier molecular flexibility index (Phi) is 3.83. The molecule has 1 aliphatic rings. The standard InChI is InChI=1S/C12H11NO7/c1-18-9-3-2-7(6-8(9)13(16)17)11(14)20-10-4-5-19-12(10)15/h2-3,6,10H,4-5H2,1H3/t10-/m0/s1. The number of hydrogen-bond donors (Lipinski definition) is 0. The third kappa shape index (κ3) is 2.68. The third-order valence-corrected chi connectivity index (χ3v) is 2.75. The van der Waals surface area contributed by atoms with E-state index in [4.69, 9.17) is 9.47 Å². The fourth-order valence-electron chi connectivity index (χ4n) is 1.74. The van der Waals surface area contributed by atoms with Gasteiger partial charge in [-0.05, 0) is 12.1 Å². The molecule has 1 fully saturated rings. The Morgan fingerprint density at radius 3 is 2.80 bits per heavy atom. The number of carbonyl (C=O) groups is 2. The molecule has 8 heteroatoms. The van der Waals surface area contributed by atoms with Crippen LogP contribution < -0.4 is 4.74 Å². The highest BCUT2D eigenvalue weighted by Gasteiger charge is 2.31. The first kappa shape index (κ1) is 13.8. The van der Waals surface area contributed by atoms with Crippen LogP contribution in [0, 0.1) is 10.1 Å². The lowest BCUT2D eigenvalue weighted by Crippen LogP contribution is -2.22. The second kappa shape index (κ2) is 5.55. The molecule has 2 rings (SSSR count). The van der Waals surface area contributed by atoms with Gasteiger partial charge in [0.05, 0.1) is 24.2 Å². The Bertz CT molecular complexity index is 569. The summed E-state index contributed by atoms with van der Waals surface area (Å²) in [6.45, 7) is 0.194. The summed E-state index contributed by atoms with van der Waals surface area (Å²) in [7, 11) is 1.29. The minimum Gasteiger partial charge on any atom is -0.490 e. The van der Waals surface area contributed by atoms with Gasteiger partial charge in [-0.3, -0.25) is 10.1 Å². The quantitative estimate of drug-likeness (QED) is 0.461. The van der Waals surface area contributed by atoms with Gasteiger partial charge in [0, 0.05) is 12.5 Å². The molecule has 0 saturated carbocycles. The van der Waals surface area contributed by atoms with Crippen molar-refractivity contribution in [3.63, 3.8) is 0 Å². The van der Waals surface area contributed by atoms with Crippen molar-refractivity contribution in [2.75, 3.05) is 13.7 Å². The molecule has 0 spiro atoms. The third-order valence-electron chi connectivity index (χ3n) is 2.75. The van der Waals surface area contributed by atoms with Crippen molar-refractivity contribution in [2.45, 2.75) is 12.5 Å². The summed E-state index contributed by atoms with van der Waals surface area (Å²) < 4.78 is 14.4. The number of rotatable bonds is 4. The molecular formula is C12H11NO7. The van der Waals surface area contributed by atoms with Crippen LogP contribution in [-0.2, 0) is 14.3 Å². The van der Waals surface area contributed by atoms with E-state index in [1.807, 2.05) is 0 Å². The van der Waals surface area contributed by atoms with Crippen molar-refractivity contribution in [3.05, 3.63) is 33.9 Å². The van der Waals surface area contributed by atoms with Gasteiger partial charge in [-0.2, -0.15) is 0 Å². The van der Waals surface area contributed by atoms with Crippen LogP contribution in [0.2, 0.25) is 0 Å². The molecule has 1 aromatic rings. The predicted octanol–water partition coefficient (Wildman–Crippen LogP) is 1.08. The molecule has 1 atom stereocenters. The molecule has 20 heavy (non-hydrogen) atoms. The first-order valence-electron chi connectivity index (χ1n) is 5.73. The van der Waals surface area contributed by atoms with Crippen molar-refractivity contribution in [1.29, 1.82) is 0 Å². The Balaban J connectivity index is 2.19. The second-order valence-electron chi connectivity index (χ2n) is 3.99. The maximum atomic E-state index is 11.8. The summed E-state index contributed by atoms with van der Waals surface area (Å²) in [4.78, 5) is 33.2. The average Bonchev–Trinajstić information content (AvgIpc) is 2.83. The molecule has 1 saturated heterocycles. The van der Waals surface area contributed by atoms with Crippen LogP contribution in [0.15, 0.2) is 18.2 Å². The Labute approximate surface area is 113 Å². The van der Waals surface area contributed by atoms with E-state index in [1.165, 1.54) is 19.2 Å². The highest BCUT2D eigenvalue weighted by atomic mass is 16.6. The molecular weight excluding hydrogens is 270 g/mol. The SMILES string of the molecule is COc1ccc(C(=O)O[C@H]2CCOC2=O)cc1[N+](=O)[O-]. The number of nitro benzene ring substituents is 1. The van der Waals surface area contributed by atoms with Crippen molar-refractivity contribution in [1.82, 2.24) is 0 Å². The van der Waals surface area contributed by atoms with Crippen LogP contribution in [0.5, 0.6) is 5.75 Å². The normalized spacial score (nSPS) is 17.4. The van der Waals surface area contributed by atoms with E-state index in [0.717, 1.165) is 6.07 Å². The van der Waals surface area contributed by atoms with Gasteiger partial charge in [-0.25, -0.2) is 9.59 Å². The molecule has 0 aromatic heterocycles. The van der Waals surface area contributed by atoms with Crippen molar-refractivity contribution < 1.29 is 28.7 Å². The van der Waals surface area contributed by atoms with Gasteiger partial charge in [-0.15, -0.1) is 0 Å². The number of ether oxygens (including phenoxy) is 3. The number of cyclic esters (lactones) is 1. The number of carbonyl (C=O) groups excluding carboxylic acids is 2. The number of benzene rings is 1. The molecule has 0 bridgehead atoms. The van der Waals surface area contributed by atoms with Gasteiger partial charge >= 0.3 is 17.6 Å². The van der Waals surface area contributed by atoms with Gasteiger partial charge in [0.2, 0.25) is 6.10 Å². The van der Waals surface area contributed by atoms with E-state index >= 15 is 0 Å². The fourth-order valence-corrected chi connectivity index (χ4v) is 1.74. The monoisotopic (exact) mass is 281 g/mol. The number of esters is 2. The largest absolute Gasteiger partial charge is 0.490 e. The average molecular weight is 281 g/mol. The molecule has 1 heterocycles. The topological polar surface area (TPSA) is 105 Å². The molecule has 0 N–H and O–H groups in total. The van der Waals surface area contributed by atoms with Gasteiger partial charge < -0.3 is 14.2 Å². The van der Waals surface area contributed by atoms with E-state index in [-0.39, 0.29) is 30.0 Å². The minimum absolute atomic E-state index is 0.0304. The summed E-state index contributed by atoms with van der Waals surface area (Å²) in [6, 6.07) is 3.66. The highest BCUT2D eigenvalue weighted by Crippen LogP contribution is 2.28. The first-order chi connectivity index (χ1) is 9.52. The second-order valence-corrected chi connectivity index (χ2v) is 3.99. The fraction of sp³-hybridized carbons (Fsp3) is 0.333. The molecule has 0 aliphatic carbocycles. The minimum atomic E-state index is -0.955. The Hall–Kier alpha value is -2.64. The van der Waals surface area contributed by atoms with Crippen molar-refractivity contribution in [2.24, 2.45) is 0 Å². The number of nitrogens with zero attached hydrogens (tertiary/aromatic N) is 1.